The number of hydrogen-bond acceptors (Lipinski definition) is 7. The minimum Gasteiger partial charge on any atom is -0.481 e. The van der Waals surface area contributed by atoms with Gasteiger partial charge in [-0.3, -0.25) is 9.69 Å². The molecule has 1 aromatic carbocycles. The van der Waals surface area contributed by atoms with E-state index < -0.39 is 5.82 Å². The van der Waals surface area contributed by atoms with Crippen molar-refractivity contribution < 1.29 is 13.9 Å². The molecule has 6 rings (SSSR count). The van der Waals surface area contributed by atoms with Crippen LogP contribution in [0.25, 0.3) is 22.2 Å². The van der Waals surface area contributed by atoms with Crippen LogP contribution in [0, 0.1) is 11.7 Å². The summed E-state index contributed by atoms with van der Waals surface area (Å²) in [4.78, 5) is 32.9. The van der Waals surface area contributed by atoms with Crippen molar-refractivity contribution in [3.05, 3.63) is 60.2 Å². The number of imidazole rings is 1. The fourth-order valence-corrected chi connectivity index (χ4v) is 4.72. The first-order valence-electron chi connectivity index (χ1n) is 12.5. The van der Waals surface area contributed by atoms with Crippen LogP contribution in [0.15, 0.2) is 48.8 Å². The number of carbonyl (C=O) groups excluding carboxylic acids is 1. The third-order valence-corrected chi connectivity index (χ3v) is 6.92. The topological polar surface area (TPSA) is 99.3 Å². The number of pyridine rings is 2. The minimum atomic E-state index is -0.421. The van der Waals surface area contributed by atoms with Crippen molar-refractivity contribution in [2.75, 3.05) is 38.6 Å². The van der Waals surface area contributed by atoms with Crippen molar-refractivity contribution in [3.63, 3.8) is 0 Å². The van der Waals surface area contributed by atoms with Gasteiger partial charge >= 0.3 is 0 Å². The molecule has 4 heterocycles. The van der Waals surface area contributed by atoms with Crippen LogP contribution in [0.1, 0.15) is 18.4 Å². The molecule has 0 bridgehead atoms. The van der Waals surface area contributed by atoms with Gasteiger partial charge in [0.1, 0.15) is 11.6 Å². The monoisotopic (exact) mass is 501 g/mol. The lowest BCUT2D eigenvalue weighted by molar-refractivity contribution is -0.134. The maximum atomic E-state index is 14.4. The highest BCUT2D eigenvalue weighted by Crippen LogP contribution is 2.31. The predicted octanol–water partition coefficient (Wildman–Crippen LogP) is 3.97. The maximum Gasteiger partial charge on any atom is 0.225 e. The Morgan fingerprint density at radius 2 is 1.97 bits per heavy atom. The molecular formula is C27H28FN7O2. The number of nitrogens with zero attached hydrogens (tertiary/aromatic N) is 5. The van der Waals surface area contributed by atoms with Gasteiger partial charge in [-0.25, -0.2) is 19.3 Å². The second-order valence-corrected chi connectivity index (χ2v) is 9.57. The number of benzene rings is 1. The first kappa shape index (κ1) is 23.4. The lowest BCUT2D eigenvalue weighted by Crippen LogP contribution is -2.48. The average Bonchev–Trinajstić information content (AvgIpc) is 3.69. The van der Waals surface area contributed by atoms with Crippen molar-refractivity contribution in [3.8, 4) is 17.0 Å². The average molecular weight is 502 g/mol. The molecule has 0 unspecified atom stereocenters. The number of anilines is 2. The third kappa shape index (κ3) is 5.10. The van der Waals surface area contributed by atoms with E-state index in [9.17, 15) is 9.18 Å². The third-order valence-electron chi connectivity index (χ3n) is 6.92. The van der Waals surface area contributed by atoms with E-state index in [0.29, 0.717) is 34.7 Å². The molecule has 37 heavy (non-hydrogen) atoms. The van der Waals surface area contributed by atoms with E-state index in [1.54, 1.807) is 12.3 Å². The van der Waals surface area contributed by atoms with E-state index in [4.69, 9.17) is 4.74 Å². The van der Waals surface area contributed by atoms with Gasteiger partial charge < -0.3 is 19.9 Å². The second kappa shape index (κ2) is 9.78. The molecule has 3 aromatic heterocycles. The Morgan fingerprint density at radius 3 is 2.76 bits per heavy atom. The Bertz CT molecular complexity index is 1440. The summed E-state index contributed by atoms with van der Waals surface area (Å²) in [5.41, 5.74) is 3.76. The second-order valence-electron chi connectivity index (χ2n) is 9.57. The number of rotatable bonds is 7. The van der Waals surface area contributed by atoms with E-state index >= 15 is 0 Å². The number of piperazine rings is 1. The molecule has 1 saturated carbocycles. The van der Waals surface area contributed by atoms with E-state index in [1.807, 2.05) is 35.2 Å². The first-order chi connectivity index (χ1) is 18.1. The molecule has 10 heteroatoms. The number of hydrogen-bond donors (Lipinski definition) is 2. The van der Waals surface area contributed by atoms with E-state index in [-0.39, 0.29) is 5.92 Å². The highest BCUT2D eigenvalue weighted by atomic mass is 19.1. The van der Waals surface area contributed by atoms with Gasteiger partial charge in [0.2, 0.25) is 17.7 Å². The number of amides is 1. The van der Waals surface area contributed by atoms with Crippen molar-refractivity contribution in [2.45, 2.75) is 19.4 Å². The molecule has 0 atom stereocenters. The van der Waals surface area contributed by atoms with Gasteiger partial charge in [-0.15, -0.1) is 0 Å². The highest BCUT2D eigenvalue weighted by Gasteiger charge is 2.34. The zero-order chi connectivity index (χ0) is 25.4. The minimum absolute atomic E-state index is 0.283. The largest absolute Gasteiger partial charge is 0.481 e. The molecule has 190 valence electrons. The maximum absolute atomic E-state index is 14.4. The summed E-state index contributed by atoms with van der Waals surface area (Å²) in [6.45, 7) is 4.14. The van der Waals surface area contributed by atoms with Crippen molar-refractivity contribution in [1.82, 2.24) is 29.7 Å². The predicted molar refractivity (Wildman–Crippen MR) is 138 cm³/mol. The Hall–Kier alpha value is -4.05. The molecular weight excluding hydrogens is 473 g/mol. The number of aromatic amines is 1. The highest BCUT2D eigenvalue weighted by molar-refractivity contribution is 5.84. The van der Waals surface area contributed by atoms with Crippen LogP contribution >= 0.6 is 0 Å². The Kier molecular flexibility index (Phi) is 6.17. The number of aromatic nitrogens is 4. The SMILES string of the molecule is COc1cc(-c2ccc3nc(Nc4cc(CN5CCN(C(=O)C6CC6)CC5)ccn4)[nH]c3c2)c(F)cn1. The molecule has 1 saturated heterocycles. The van der Waals surface area contributed by atoms with Crippen molar-refractivity contribution in [1.29, 1.82) is 0 Å². The van der Waals surface area contributed by atoms with Gasteiger partial charge in [-0.05, 0) is 48.2 Å². The van der Waals surface area contributed by atoms with Gasteiger partial charge in [0, 0.05) is 56.5 Å². The summed E-state index contributed by atoms with van der Waals surface area (Å²) >= 11 is 0. The molecule has 4 aromatic rings. The van der Waals surface area contributed by atoms with Gasteiger partial charge in [-0.1, -0.05) is 6.07 Å². The van der Waals surface area contributed by atoms with Gasteiger partial charge in [0.15, 0.2) is 0 Å². The lowest BCUT2D eigenvalue weighted by Gasteiger charge is -2.34. The van der Waals surface area contributed by atoms with Gasteiger partial charge in [-0.2, -0.15) is 0 Å². The smallest absolute Gasteiger partial charge is 0.225 e. The summed E-state index contributed by atoms with van der Waals surface area (Å²) in [5, 5.41) is 3.25. The van der Waals surface area contributed by atoms with Gasteiger partial charge in [0.05, 0.1) is 24.3 Å². The number of fused-ring (bicyclic) bond motifs is 1. The molecule has 1 aliphatic heterocycles. The molecule has 9 nitrogen and oxygen atoms in total. The molecule has 2 N–H and O–H groups in total. The van der Waals surface area contributed by atoms with Gasteiger partial charge in [0.25, 0.3) is 0 Å². The molecule has 1 aliphatic carbocycles. The summed E-state index contributed by atoms with van der Waals surface area (Å²) in [6.07, 6.45) is 5.04. The fourth-order valence-electron chi connectivity index (χ4n) is 4.72. The zero-order valence-corrected chi connectivity index (χ0v) is 20.6. The Labute approximate surface area is 213 Å². The van der Waals surface area contributed by atoms with Crippen molar-refractivity contribution in [2.24, 2.45) is 5.92 Å². The Morgan fingerprint density at radius 1 is 1.14 bits per heavy atom. The fraction of sp³-hybridized carbons (Fsp3) is 0.333. The zero-order valence-electron chi connectivity index (χ0n) is 20.6. The number of nitrogens with one attached hydrogen (secondary N) is 2. The lowest BCUT2D eigenvalue weighted by atomic mass is 10.1. The molecule has 0 radical (unpaired) electrons. The number of ether oxygens (including phenoxy) is 1. The summed E-state index contributed by atoms with van der Waals surface area (Å²) in [7, 11) is 1.50. The summed E-state index contributed by atoms with van der Waals surface area (Å²) in [5.74, 6) is 1.78. The summed E-state index contributed by atoms with van der Waals surface area (Å²) < 4.78 is 19.5. The van der Waals surface area contributed by atoms with Crippen LogP contribution in [0.4, 0.5) is 16.2 Å². The number of H-pyrrole nitrogens is 1. The van der Waals surface area contributed by atoms with Crippen LogP contribution in [-0.2, 0) is 11.3 Å². The normalized spacial score (nSPS) is 16.2. The Balaban J connectivity index is 1.13. The standard InChI is InChI=1S/C27H28FN7O2/c1-37-25-14-20(21(28)15-30-25)19-4-5-22-23(13-19)32-27(31-22)33-24-12-17(6-7-29-24)16-34-8-10-35(11-9-34)26(36)18-2-3-18/h4-7,12-15,18H,2-3,8-11,16H2,1H3,(H2,29,31,32,33). The molecule has 2 fully saturated rings. The van der Waals surface area contributed by atoms with E-state index in [2.05, 4.69) is 30.2 Å². The summed E-state index contributed by atoms with van der Waals surface area (Å²) in [6, 6.07) is 11.1. The van der Waals surface area contributed by atoms with E-state index in [0.717, 1.165) is 68.4 Å². The molecule has 0 spiro atoms. The molecule has 1 amide bonds. The van der Waals surface area contributed by atoms with Crippen LogP contribution in [0.5, 0.6) is 5.88 Å². The van der Waals surface area contributed by atoms with E-state index in [1.165, 1.54) is 7.11 Å². The quantitative estimate of drug-likeness (QED) is 0.395. The first-order valence-corrected chi connectivity index (χ1v) is 12.5. The van der Waals surface area contributed by atoms with Crippen LogP contribution < -0.4 is 10.1 Å². The number of halogens is 1. The van der Waals surface area contributed by atoms with Crippen molar-refractivity contribution >= 4 is 28.7 Å². The van der Waals surface area contributed by atoms with Crippen LogP contribution in [0.2, 0.25) is 0 Å². The molecule has 2 aliphatic rings. The number of methoxy groups -OCH3 is 1. The van der Waals surface area contributed by atoms with Crippen LogP contribution in [0.3, 0.4) is 0 Å². The van der Waals surface area contributed by atoms with Crippen LogP contribution in [-0.4, -0.2) is 68.9 Å². The number of carbonyl (C=O) groups is 1.